The Morgan fingerprint density at radius 2 is 1.94 bits per heavy atom. The number of aromatic hydroxyl groups is 1. The summed E-state index contributed by atoms with van der Waals surface area (Å²) in [7, 11) is -3.82. The molecule has 31 heavy (non-hydrogen) atoms. The van der Waals surface area contributed by atoms with Crippen LogP contribution in [0.2, 0.25) is 0 Å². The van der Waals surface area contributed by atoms with Crippen molar-refractivity contribution in [3.05, 3.63) is 57.9 Å². The van der Waals surface area contributed by atoms with Gasteiger partial charge < -0.3 is 14.1 Å². The van der Waals surface area contributed by atoms with E-state index in [9.17, 15) is 18.3 Å². The van der Waals surface area contributed by atoms with E-state index < -0.39 is 15.6 Å². The zero-order valence-corrected chi connectivity index (χ0v) is 18.6. The van der Waals surface area contributed by atoms with Crippen molar-refractivity contribution in [3.63, 3.8) is 0 Å². The summed E-state index contributed by atoms with van der Waals surface area (Å²) in [6.07, 6.45) is 0.644. The number of sulfonamides is 1. The first-order valence-corrected chi connectivity index (χ1v) is 12.2. The Morgan fingerprint density at radius 3 is 2.61 bits per heavy atom. The van der Waals surface area contributed by atoms with Crippen LogP contribution in [0, 0.1) is 0 Å². The van der Waals surface area contributed by atoms with Crippen molar-refractivity contribution in [2.75, 3.05) is 0 Å². The van der Waals surface area contributed by atoms with Crippen LogP contribution >= 0.6 is 11.8 Å². The highest BCUT2D eigenvalue weighted by Gasteiger charge is 2.16. The number of hydrogen-bond donors (Lipinski definition) is 2. The highest BCUT2D eigenvalue weighted by atomic mass is 32.2. The molecule has 0 saturated carbocycles. The maximum Gasteiger partial charge on any atom is 0.336 e. The molecule has 10 heteroatoms. The molecule has 2 aromatic heterocycles. The molecule has 0 bridgehead atoms. The number of phenolic OH excluding ortho intramolecular Hbond substituents is 1. The van der Waals surface area contributed by atoms with Crippen molar-refractivity contribution in [2.45, 2.75) is 42.6 Å². The first-order valence-electron chi connectivity index (χ1n) is 9.65. The van der Waals surface area contributed by atoms with E-state index >= 15 is 0 Å². The van der Waals surface area contributed by atoms with Crippen LogP contribution in [-0.2, 0) is 28.7 Å². The number of hydrogen-bond acceptors (Lipinski definition) is 7. The second-order valence-corrected chi connectivity index (χ2v) is 9.55. The average Bonchev–Trinajstić information content (AvgIpc) is 3.07. The van der Waals surface area contributed by atoms with Crippen molar-refractivity contribution >= 4 is 43.8 Å². The quantitative estimate of drug-likeness (QED) is 0.334. The van der Waals surface area contributed by atoms with Gasteiger partial charge in [0.25, 0.3) is 0 Å². The van der Waals surface area contributed by atoms with E-state index in [0.717, 1.165) is 22.0 Å². The molecule has 2 aromatic carbocycles. The highest BCUT2D eigenvalue weighted by Crippen LogP contribution is 2.32. The molecule has 162 valence electrons. The fourth-order valence-corrected chi connectivity index (χ4v) is 5.14. The van der Waals surface area contributed by atoms with Gasteiger partial charge in [0.2, 0.25) is 10.0 Å². The molecule has 0 radical (unpaired) electrons. The van der Waals surface area contributed by atoms with Gasteiger partial charge in [-0.3, -0.25) is 0 Å². The number of primary sulfonamides is 1. The third kappa shape index (κ3) is 4.06. The molecule has 8 nitrogen and oxygen atoms in total. The topological polar surface area (TPSA) is 128 Å². The van der Waals surface area contributed by atoms with Crippen molar-refractivity contribution in [1.82, 2.24) is 9.55 Å². The number of nitrogens with zero attached hydrogens (tertiary/aromatic N) is 2. The van der Waals surface area contributed by atoms with Gasteiger partial charge in [-0.05, 0) is 48.7 Å². The summed E-state index contributed by atoms with van der Waals surface area (Å²) in [4.78, 5) is 16.6. The zero-order chi connectivity index (χ0) is 22.3. The van der Waals surface area contributed by atoms with Gasteiger partial charge in [0.05, 0.1) is 15.9 Å². The summed E-state index contributed by atoms with van der Waals surface area (Å²) in [5, 5.41) is 16.8. The van der Waals surface area contributed by atoms with Crippen LogP contribution in [-0.4, -0.2) is 23.1 Å². The minimum Gasteiger partial charge on any atom is -0.508 e. The highest BCUT2D eigenvalue weighted by molar-refractivity contribution is 7.98. The van der Waals surface area contributed by atoms with Crippen LogP contribution in [0.25, 0.3) is 22.0 Å². The van der Waals surface area contributed by atoms with Gasteiger partial charge in [-0.2, -0.15) is 0 Å². The number of benzene rings is 2. The van der Waals surface area contributed by atoms with Crippen LogP contribution in [0.15, 0.2) is 55.7 Å². The summed E-state index contributed by atoms with van der Waals surface area (Å²) in [5.74, 6) is 0.544. The van der Waals surface area contributed by atoms with E-state index in [-0.39, 0.29) is 10.6 Å². The Hall–Kier alpha value is -2.82. The summed E-state index contributed by atoms with van der Waals surface area (Å²) < 4.78 is 30.6. The number of thioether (sulfide) groups is 1. The monoisotopic (exact) mass is 459 g/mol. The number of rotatable bonds is 6. The zero-order valence-electron chi connectivity index (χ0n) is 17.0. The SMILES string of the molecule is CCc1cc2c(CSc3nc4cc(S(N)(=O)=O)ccc4n3CC)cc(=O)oc2cc1O. The molecule has 0 fully saturated rings. The van der Waals surface area contributed by atoms with Gasteiger partial charge in [0, 0.05) is 29.8 Å². The second kappa shape index (κ2) is 8.03. The molecule has 0 amide bonds. The molecule has 2 heterocycles. The Labute approximate surface area is 182 Å². The van der Waals surface area contributed by atoms with Crippen LogP contribution in [0.1, 0.15) is 25.0 Å². The van der Waals surface area contributed by atoms with E-state index in [2.05, 4.69) is 4.98 Å². The molecule has 4 aromatic rings. The van der Waals surface area contributed by atoms with E-state index in [4.69, 9.17) is 9.56 Å². The summed E-state index contributed by atoms with van der Waals surface area (Å²) >= 11 is 1.43. The lowest BCUT2D eigenvalue weighted by Gasteiger charge is -2.09. The fraction of sp³-hybridized carbons (Fsp3) is 0.238. The van der Waals surface area contributed by atoms with Gasteiger partial charge in [0.1, 0.15) is 11.3 Å². The lowest BCUT2D eigenvalue weighted by molar-refractivity contribution is 0.466. The number of phenols is 1. The Morgan fingerprint density at radius 1 is 1.16 bits per heavy atom. The summed E-state index contributed by atoms with van der Waals surface area (Å²) in [6.45, 7) is 4.55. The van der Waals surface area contributed by atoms with Crippen LogP contribution < -0.4 is 10.8 Å². The van der Waals surface area contributed by atoms with Crippen molar-refractivity contribution in [2.24, 2.45) is 5.14 Å². The van der Waals surface area contributed by atoms with E-state index in [1.165, 1.54) is 36.0 Å². The minimum absolute atomic E-state index is 0.0101. The Bertz CT molecular complexity index is 1470. The van der Waals surface area contributed by atoms with Gasteiger partial charge in [-0.25, -0.2) is 23.3 Å². The minimum atomic E-state index is -3.82. The summed E-state index contributed by atoms with van der Waals surface area (Å²) in [6, 6.07) is 9.38. The van der Waals surface area contributed by atoms with Gasteiger partial charge in [-0.15, -0.1) is 0 Å². The Balaban J connectivity index is 1.75. The van der Waals surface area contributed by atoms with E-state index in [1.807, 2.05) is 24.5 Å². The van der Waals surface area contributed by atoms with E-state index in [1.54, 1.807) is 6.07 Å². The van der Waals surface area contributed by atoms with Crippen LogP contribution in [0.5, 0.6) is 5.75 Å². The normalized spacial score (nSPS) is 12.1. The molecule has 0 aliphatic rings. The largest absolute Gasteiger partial charge is 0.508 e. The third-order valence-electron chi connectivity index (χ3n) is 5.10. The maximum atomic E-state index is 12.0. The first kappa shape index (κ1) is 21.4. The van der Waals surface area contributed by atoms with Gasteiger partial charge >= 0.3 is 5.63 Å². The molecule has 4 rings (SSSR count). The summed E-state index contributed by atoms with van der Waals surface area (Å²) in [5.41, 5.74) is 2.71. The molecular weight excluding hydrogens is 438 g/mol. The molecule has 3 N–H and O–H groups in total. The third-order valence-corrected chi connectivity index (χ3v) is 7.03. The molecule has 0 saturated heterocycles. The number of fused-ring (bicyclic) bond motifs is 2. The number of aryl methyl sites for hydroxylation is 2. The Kier molecular flexibility index (Phi) is 5.54. The molecule has 0 atom stereocenters. The maximum absolute atomic E-state index is 12.0. The fourth-order valence-electron chi connectivity index (χ4n) is 3.53. The predicted octanol–water partition coefficient (Wildman–Crippen LogP) is 3.37. The van der Waals surface area contributed by atoms with Crippen LogP contribution in [0.4, 0.5) is 0 Å². The van der Waals surface area contributed by atoms with E-state index in [0.29, 0.717) is 35.0 Å². The molecular formula is C21H21N3O5S2. The second-order valence-electron chi connectivity index (χ2n) is 7.04. The molecule has 0 unspecified atom stereocenters. The predicted molar refractivity (Wildman–Crippen MR) is 120 cm³/mol. The average molecular weight is 460 g/mol. The van der Waals surface area contributed by atoms with Crippen molar-refractivity contribution < 1.29 is 17.9 Å². The number of nitrogens with two attached hydrogens (primary N) is 1. The van der Waals surface area contributed by atoms with Crippen LogP contribution in [0.3, 0.4) is 0 Å². The van der Waals surface area contributed by atoms with Gasteiger partial charge in [0.15, 0.2) is 5.16 Å². The lowest BCUT2D eigenvalue weighted by atomic mass is 10.1. The number of imidazole rings is 1. The lowest BCUT2D eigenvalue weighted by Crippen LogP contribution is -2.11. The van der Waals surface area contributed by atoms with Crippen molar-refractivity contribution in [3.8, 4) is 5.75 Å². The number of aromatic nitrogens is 2. The molecule has 0 aliphatic carbocycles. The smallest absolute Gasteiger partial charge is 0.336 e. The first-order chi connectivity index (χ1) is 14.7. The molecule has 0 aliphatic heterocycles. The van der Waals surface area contributed by atoms with Gasteiger partial charge in [-0.1, -0.05) is 18.7 Å². The standard InChI is InChI=1S/C21H21N3O5S2/c1-3-12-7-15-13(8-20(26)29-19(15)10-18(12)25)11-30-21-23-16-9-14(31(22,27)28)5-6-17(16)24(21)4-2/h5-10,25H,3-4,11H2,1-2H3,(H2,22,27,28). The van der Waals surface area contributed by atoms with Crippen molar-refractivity contribution in [1.29, 1.82) is 0 Å². The molecule has 0 spiro atoms.